The van der Waals surface area contributed by atoms with Gasteiger partial charge in [0.05, 0.1) is 4.48 Å². The first kappa shape index (κ1) is 11.7. The van der Waals surface area contributed by atoms with Crippen molar-refractivity contribution in [3.63, 3.8) is 0 Å². The highest BCUT2D eigenvalue weighted by Gasteiger charge is 2.54. The molecular weight excluding hydrogens is 304 g/mol. The summed E-state index contributed by atoms with van der Waals surface area (Å²) in [4.78, 5) is 12.3. The standard InChI is InChI=1S/C16H15BrO2/c1-8-11-7-16-5-4-9(6-16)15(19)14(17)13(16)10(11)2-3-12(8)18/h2-3,9,18H,4-7H2,1H3/t9-,16+/m1/s1. The van der Waals surface area contributed by atoms with Crippen LogP contribution < -0.4 is 0 Å². The quantitative estimate of drug-likeness (QED) is 0.791. The van der Waals surface area contributed by atoms with Gasteiger partial charge in [0.15, 0.2) is 5.78 Å². The minimum Gasteiger partial charge on any atom is -0.508 e. The zero-order chi connectivity index (χ0) is 13.4. The highest BCUT2D eigenvalue weighted by molar-refractivity contribution is 9.12. The van der Waals surface area contributed by atoms with E-state index in [1.54, 1.807) is 6.07 Å². The van der Waals surface area contributed by atoms with E-state index in [9.17, 15) is 9.90 Å². The summed E-state index contributed by atoms with van der Waals surface area (Å²) in [5, 5.41) is 9.91. The topological polar surface area (TPSA) is 37.3 Å². The molecule has 2 nitrogen and oxygen atoms in total. The predicted octanol–water partition coefficient (Wildman–Crippen LogP) is 3.73. The van der Waals surface area contributed by atoms with Crippen molar-refractivity contribution in [1.29, 1.82) is 0 Å². The van der Waals surface area contributed by atoms with Gasteiger partial charge in [0.1, 0.15) is 5.75 Å². The molecular formula is C16H15BrO2. The van der Waals surface area contributed by atoms with Crippen LogP contribution >= 0.6 is 15.9 Å². The lowest BCUT2D eigenvalue weighted by molar-refractivity contribution is -0.118. The molecule has 1 spiro atoms. The Balaban J connectivity index is 2.03. The molecule has 0 amide bonds. The molecule has 0 unspecified atom stereocenters. The van der Waals surface area contributed by atoms with Gasteiger partial charge in [-0.2, -0.15) is 0 Å². The van der Waals surface area contributed by atoms with Crippen LogP contribution in [0.4, 0.5) is 0 Å². The number of carbonyl (C=O) groups excluding carboxylic acids is 1. The van der Waals surface area contributed by atoms with Crippen LogP contribution in [0.3, 0.4) is 0 Å². The summed E-state index contributed by atoms with van der Waals surface area (Å²) in [7, 11) is 0. The summed E-state index contributed by atoms with van der Waals surface area (Å²) < 4.78 is 0.796. The third-order valence-electron chi connectivity index (χ3n) is 5.30. The van der Waals surface area contributed by atoms with Crippen molar-refractivity contribution in [2.45, 2.75) is 32.6 Å². The minimum atomic E-state index is 0.151. The van der Waals surface area contributed by atoms with Gasteiger partial charge in [-0.25, -0.2) is 0 Å². The number of allylic oxidation sites excluding steroid dienone is 2. The molecule has 0 radical (unpaired) electrons. The van der Waals surface area contributed by atoms with E-state index in [0.717, 1.165) is 35.7 Å². The maximum absolute atomic E-state index is 12.3. The molecule has 98 valence electrons. The Morgan fingerprint density at radius 3 is 3.00 bits per heavy atom. The number of aromatic hydroxyl groups is 1. The highest BCUT2D eigenvalue weighted by Crippen LogP contribution is 2.63. The maximum Gasteiger partial charge on any atom is 0.173 e. The van der Waals surface area contributed by atoms with E-state index in [2.05, 4.69) is 15.9 Å². The number of halogens is 1. The first-order valence-corrected chi connectivity index (χ1v) is 7.59. The number of phenols is 1. The lowest BCUT2D eigenvalue weighted by atomic mass is 9.74. The van der Waals surface area contributed by atoms with Crippen molar-refractivity contribution in [2.75, 3.05) is 0 Å². The van der Waals surface area contributed by atoms with Crippen LogP contribution in [-0.4, -0.2) is 10.9 Å². The van der Waals surface area contributed by atoms with E-state index < -0.39 is 0 Å². The first-order valence-electron chi connectivity index (χ1n) is 6.80. The van der Waals surface area contributed by atoms with Gasteiger partial charge in [-0.3, -0.25) is 4.79 Å². The third kappa shape index (κ3) is 1.29. The highest BCUT2D eigenvalue weighted by atomic mass is 79.9. The summed E-state index contributed by atoms with van der Waals surface area (Å²) in [5.74, 6) is 0.856. The Bertz CT molecular complexity index is 659. The Kier molecular flexibility index (Phi) is 2.17. The molecule has 1 aromatic rings. The SMILES string of the molecule is Cc1c(O)ccc2c1C[C@]13CC[C@H](C1)C(=O)C(Br)=C23. The van der Waals surface area contributed by atoms with Gasteiger partial charge in [0.25, 0.3) is 0 Å². The van der Waals surface area contributed by atoms with E-state index in [0.29, 0.717) is 5.75 Å². The van der Waals surface area contributed by atoms with Crippen LogP contribution in [0.1, 0.15) is 36.0 Å². The van der Waals surface area contributed by atoms with Crippen molar-refractivity contribution in [3.8, 4) is 5.75 Å². The Hall–Kier alpha value is -1.09. The van der Waals surface area contributed by atoms with Crippen molar-refractivity contribution in [3.05, 3.63) is 33.3 Å². The summed E-state index contributed by atoms with van der Waals surface area (Å²) in [6.07, 6.45) is 4.08. The lowest BCUT2D eigenvalue weighted by Crippen LogP contribution is -2.25. The largest absolute Gasteiger partial charge is 0.508 e. The fourth-order valence-electron chi connectivity index (χ4n) is 4.31. The molecule has 0 saturated heterocycles. The van der Waals surface area contributed by atoms with Crippen LogP contribution in [0.15, 0.2) is 16.6 Å². The summed E-state index contributed by atoms with van der Waals surface area (Å²) in [6, 6.07) is 3.74. The van der Waals surface area contributed by atoms with Crippen molar-refractivity contribution in [1.82, 2.24) is 0 Å². The number of fused-ring (bicyclic) bond motifs is 3. The van der Waals surface area contributed by atoms with E-state index >= 15 is 0 Å². The van der Waals surface area contributed by atoms with Crippen LogP contribution in [0.2, 0.25) is 0 Å². The number of Topliss-reactive ketones (excluding diaryl/α,β-unsaturated/α-hetero) is 1. The number of phenolic OH excluding ortho intramolecular Hbond substituents is 1. The Morgan fingerprint density at radius 1 is 1.42 bits per heavy atom. The molecule has 3 aliphatic rings. The number of benzene rings is 1. The van der Waals surface area contributed by atoms with Gasteiger partial charge in [-0.15, -0.1) is 0 Å². The van der Waals surface area contributed by atoms with Gasteiger partial charge in [-0.05, 0) is 76.9 Å². The second-order valence-electron chi connectivity index (χ2n) is 6.19. The molecule has 2 bridgehead atoms. The molecule has 0 heterocycles. The zero-order valence-electron chi connectivity index (χ0n) is 10.8. The summed E-state index contributed by atoms with van der Waals surface area (Å²) in [6.45, 7) is 1.98. The average Bonchev–Trinajstić information content (AvgIpc) is 2.93. The second-order valence-corrected chi connectivity index (χ2v) is 6.98. The molecule has 0 aliphatic heterocycles. The molecule has 1 aromatic carbocycles. The second kappa shape index (κ2) is 3.51. The fourth-order valence-corrected chi connectivity index (χ4v) is 5.27. The molecule has 1 N–H and O–H groups in total. The number of hydrogen-bond acceptors (Lipinski definition) is 2. The molecule has 3 aliphatic carbocycles. The summed E-state index contributed by atoms with van der Waals surface area (Å²) in [5.41, 5.74) is 4.76. The molecule has 1 fully saturated rings. The minimum absolute atomic E-state index is 0.151. The number of hydrogen-bond donors (Lipinski definition) is 1. The van der Waals surface area contributed by atoms with E-state index in [1.165, 1.54) is 16.7 Å². The molecule has 2 atom stereocenters. The Morgan fingerprint density at radius 2 is 2.21 bits per heavy atom. The number of ketones is 1. The van der Waals surface area contributed by atoms with Gasteiger partial charge < -0.3 is 5.11 Å². The van der Waals surface area contributed by atoms with E-state index in [1.807, 2.05) is 13.0 Å². The van der Waals surface area contributed by atoms with Gasteiger partial charge in [0.2, 0.25) is 0 Å². The van der Waals surface area contributed by atoms with Crippen LogP contribution in [0, 0.1) is 18.3 Å². The van der Waals surface area contributed by atoms with E-state index in [-0.39, 0.29) is 17.1 Å². The smallest absolute Gasteiger partial charge is 0.173 e. The molecule has 4 rings (SSSR count). The van der Waals surface area contributed by atoms with Crippen LogP contribution in [-0.2, 0) is 11.2 Å². The molecule has 3 heteroatoms. The fraction of sp³-hybridized carbons (Fsp3) is 0.438. The van der Waals surface area contributed by atoms with Crippen LogP contribution in [0.5, 0.6) is 5.75 Å². The third-order valence-corrected chi connectivity index (χ3v) is 6.09. The van der Waals surface area contributed by atoms with Gasteiger partial charge in [0, 0.05) is 11.3 Å². The van der Waals surface area contributed by atoms with E-state index in [4.69, 9.17) is 0 Å². The lowest BCUT2D eigenvalue weighted by Gasteiger charge is -2.30. The van der Waals surface area contributed by atoms with Crippen molar-refractivity contribution < 1.29 is 9.90 Å². The molecule has 0 aromatic heterocycles. The zero-order valence-corrected chi connectivity index (χ0v) is 12.4. The van der Waals surface area contributed by atoms with Gasteiger partial charge in [-0.1, -0.05) is 6.07 Å². The molecule has 19 heavy (non-hydrogen) atoms. The van der Waals surface area contributed by atoms with Gasteiger partial charge >= 0.3 is 0 Å². The summed E-state index contributed by atoms with van der Waals surface area (Å²) >= 11 is 3.56. The first-order chi connectivity index (χ1) is 9.03. The maximum atomic E-state index is 12.3. The Labute approximate surface area is 120 Å². The molecule has 1 saturated carbocycles. The van der Waals surface area contributed by atoms with Crippen molar-refractivity contribution >= 4 is 27.3 Å². The normalized spacial score (nSPS) is 31.7. The van der Waals surface area contributed by atoms with Crippen molar-refractivity contribution in [2.24, 2.45) is 11.3 Å². The number of rotatable bonds is 0. The number of carbonyl (C=O) groups is 1. The predicted molar refractivity (Wildman–Crippen MR) is 77.2 cm³/mol. The van der Waals surface area contributed by atoms with Crippen LogP contribution in [0.25, 0.3) is 5.57 Å². The average molecular weight is 319 g/mol. The monoisotopic (exact) mass is 318 g/mol.